The number of urea groups is 1. The first-order valence-electron chi connectivity index (χ1n) is 21.3. The Morgan fingerprint density at radius 3 is 2.14 bits per heavy atom. The summed E-state index contributed by atoms with van der Waals surface area (Å²) in [6.07, 6.45) is -0.0320. The predicted molar refractivity (Wildman–Crippen MR) is 240 cm³/mol. The maximum absolute atomic E-state index is 14.8. The molecule has 15 nitrogen and oxygen atoms in total. The number of hydrogen-bond acceptors (Lipinski definition) is 10. The highest BCUT2D eigenvalue weighted by atomic mass is 16.5. The highest BCUT2D eigenvalue weighted by Gasteiger charge is 2.46. The van der Waals surface area contributed by atoms with Crippen LogP contribution in [-0.4, -0.2) is 98.5 Å². The number of pyridine rings is 2. The Hall–Kier alpha value is -5.90. The molecule has 2 aromatic carbocycles. The van der Waals surface area contributed by atoms with Gasteiger partial charge in [-0.25, -0.2) is 14.6 Å². The number of carbonyl (C=O) groups excluding carboxylic acids is 4. The summed E-state index contributed by atoms with van der Waals surface area (Å²) in [4.78, 5) is 65.4. The number of methoxy groups -OCH3 is 1. The summed E-state index contributed by atoms with van der Waals surface area (Å²) in [5.41, 5.74) is 4.79. The number of aliphatic hydroxyl groups is 2. The molecule has 63 heavy (non-hydrogen) atoms. The molecule has 6 N–H and O–H groups in total. The molecule has 1 saturated heterocycles. The minimum absolute atomic E-state index is 0.105. The van der Waals surface area contributed by atoms with Crippen molar-refractivity contribution in [3.8, 4) is 11.3 Å². The quantitative estimate of drug-likeness (QED) is 0.0756. The molecule has 15 heteroatoms. The number of alkyl carbamates (subject to hydrolysis) is 1. The highest BCUT2D eigenvalue weighted by molar-refractivity contribution is 5.86. The normalized spacial score (nSPS) is 16.4. The molecule has 338 valence electrons. The van der Waals surface area contributed by atoms with Gasteiger partial charge in [0, 0.05) is 31.4 Å². The van der Waals surface area contributed by atoms with Crippen molar-refractivity contribution in [2.75, 3.05) is 20.2 Å². The lowest BCUT2D eigenvalue weighted by molar-refractivity contribution is -0.134. The van der Waals surface area contributed by atoms with Crippen LogP contribution in [0.25, 0.3) is 11.3 Å². The lowest BCUT2D eigenvalue weighted by Crippen LogP contribution is -2.60. The molecule has 5 unspecified atom stereocenters. The third-order valence-electron chi connectivity index (χ3n) is 11.1. The van der Waals surface area contributed by atoms with Gasteiger partial charge in [0.25, 0.3) is 5.91 Å². The zero-order valence-electron chi connectivity index (χ0n) is 37.9. The topological polar surface area (TPSA) is 198 Å². The molecule has 0 bridgehead atoms. The van der Waals surface area contributed by atoms with Crippen LogP contribution < -0.4 is 21.4 Å². The van der Waals surface area contributed by atoms with Crippen LogP contribution in [0.15, 0.2) is 97.2 Å². The van der Waals surface area contributed by atoms with Gasteiger partial charge in [0.1, 0.15) is 11.6 Å². The number of hydrogen-bond donors (Lipinski definition) is 6. The number of hydrazine groups is 1. The predicted octanol–water partition coefficient (Wildman–Crippen LogP) is 5.32. The number of aromatic nitrogens is 2. The largest absolute Gasteiger partial charge is 0.453 e. The van der Waals surface area contributed by atoms with Crippen LogP contribution in [0.5, 0.6) is 0 Å². The van der Waals surface area contributed by atoms with Crippen molar-refractivity contribution < 1.29 is 34.1 Å². The Morgan fingerprint density at radius 1 is 0.857 bits per heavy atom. The molecule has 1 aliphatic heterocycles. The molecule has 1 aliphatic rings. The van der Waals surface area contributed by atoms with Gasteiger partial charge in [-0.1, -0.05) is 108 Å². The Labute approximate surface area is 371 Å². The van der Waals surface area contributed by atoms with Crippen molar-refractivity contribution in [3.63, 3.8) is 0 Å². The lowest BCUT2D eigenvalue weighted by atomic mass is 9.75. The SMILES string of the molecule is COC(=O)NC(C(=O)NN(Cc1ccc(-c2ccccn2)cc1)CC(O)C(Cc1ccccc1)NC(=O)C(C1CNC(=O)N1Cc1cccc(C(C)(C)O)n1)C(C)(C)C)C(C)(C)C. The van der Waals surface area contributed by atoms with E-state index >= 15 is 0 Å². The van der Waals surface area contributed by atoms with Crippen LogP contribution >= 0.6 is 0 Å². The highest BCUT2D eigenvalue weighted by Crippen LogP contribution is 2.34. The van der Waals surface area contributed by atoms with Gasteiger partial charge in [0.2, 0.25) is 5.91 Å². The zero-order valence-corrected chi connectivity index (χ0v) is 37.9. The average molecular weight is 865 g/mol. The van der Waals surface area contributed by atoms with E-state index in [9.17, 15) is 29.4 Å². The maximum atomic E-state index is 14.8. The number of nitrogens with one attached hydrogen (secondary N) is 4. The second-order valence-electron chi connectivity index (χ2n) is 18.9. The Bertz CT molecular complexity index is 2150. The summed E-state index contributed by atoms with van der Waals surface area (Å²) >= 11 is 0. The molecule has 0 aliphatic carbocycles. The van der Waals surface area contributed by atoms with Crippen molar-refractivity contribution in [1.82, 2.24) is 41.3 Å². The van der Waals surface area contributed by atoms with Crippen molar-refractivity contribution >= 4 is 23.9 Å². The minimum atomic E-state index is -1.24. The van der Waals surface area contributed by atoms with Gasteiger partial charge < -0.3 is 35.8 Å². The van der Waals surface area contributed by atoms with Gasteiger partial charge in [-0.2, -0.15) is 0 Å². The van der Waals surface area contributed by atoms with Gasteiger partial charge >= 0.3 is 12.1 Å². The van der Waals surface area contributed by atoms with E-state index in [1.54, 1.807) is 48.2 Å². The Kier molecular flexibility index (Phi) is 15.7. The van der Waals surface area contributed by atoms with Gasteiger partial charge in [0.15, 0.2) is 0 Å². The third kappa shape index (κ3) is 13.3. The third-order valence-corrected chi connectivity index (χ3v) is 11.1. The summed E-state index contributed by atoms with van der Waals surface area (Å²) in [5.74, 6) is -1.63. The van der Waals surface area contributed by atoms with E-state index < -0.39 is 58.6 Å². The molecule has 5 rings (SSSR count). The molecule has 0 saturated carbocycles. The van der Waals surface area contributed by atoms with Gasteiger partial charge in [-0.05, 0) is 66.5 Å². The second kappa shape index (κ2) is 20.5. The van der Waals surface area contributed by atoms with Crippen LogP contribution in [0.1, 0.15) is 77.9 Å². The maximum Gasteiger partial charge on any atom is 0.407 e. The average Bonchev–Trinajstić information content (AvgIpc) is 3.57. The molecular formula is C48H64N8O7. The summed E-state index contributed by atoms with van der Waals surface area (Å²) < 4.78 is 4.84. The first-order valence-corrected chi connectivity index (χ1v) is 21.3. The summed E-state index contributed by atoms with van der Waals surface area (Å²) in [5, 5.41) is 33.2. The van der Waals surface area contributed by atoms with E-state index in [4.69, 9.17) is 4.74 Å². The first kappa shape index (κ1) is 48.1. The molecule has 0 radical (unpaired) electrons. The van der Waals surface area contributed by atoms with E-state index in [0.29, 0.717) is 11.4 Å². The number of carbonyl (C=O) groups is 4. The first-order chi connectivity index (χ1) is 29.6. The summed E-state index contributed by atoms with van der Waals surface area (Å²) in [7, 11) is 1.23. The molecule has 5 amide bonds. The Balaban J connectivity index is 1.45. The van der Waals surface area contributed by atoms with E-state index in [0.717, 1.165) is 22.4 Å². The van der Waals surface area contributed by atoms with E-state index in [2.05, 4.69) is 31.3 Å². The van der Waals surface area contributed by atoms with Crippen molar-refractivity contribution in [3.05, 3.63) is 120 Å². The molecular weight excluding hydrogens is 801 g/mol. The van der Waals surface area contributed by atoms with Crippen LogP contribution in [0, 0.1) is 16.7 Å². The van der Waals surface area contributed by atoms with Gasteiger partial charge in [-0.15, -0.1) is 0 Å². The number of nitrogens with zero attached hydrogens (tertiary/aromatic N) is 4. The molecule has 1 fully saturated rings. The van der Waals surface area contributed by atoms with Crippen molar-refractivity contribution in [2.45, 2.75) is 105 Å². The van der Waals surface area contributed by atoms with Crippen molar-refractivity contribution in [2.24, 2.45) is 16.7 Å². The smallest absolute Gasteiger partial charge is 0.407 e. The van der Waals surface area contributed by atoms with Crippen LogP contribution in [0.3, 0.4) is 0 Å². The van der Waals surface area contributed by atoms with E-state index in [1.807, 2.05) is 114 Å². The number of ether oxygens (including phenoxy) is 1. The monoisotopic (exact) mass is 864 g/mol. The summed E-state index contributed by atoms with van der Waals surface area (Å²) in [6, 6.07) is 25.4. The van der Waals surface area contributed by atoms with Crippen molar-refractivity contribution in [1.29, 1.82) is 0 Å². The van der Waals surface area contributed by atoms with Gasteiger partial charge in [-0.3, -0.25) is 25.0 Å². The van der Waals surface area contributed by atoms with Crippen LogP contribution in [0.4, 0.5) is 9.59 Å². The number of benzene rings is 2. The fourth-order valence-corrected chi connectivity index (χ4v) is 7.80. The van der Waals surface area contributed by atoms with Crippen LogP contribution in [0.2, 0.25) is 0 Å². The van der Waals surface area contributed by atoms with E-state index in [-0.39, 0.29) is 44.5 Å². The molecule has 5 atom stereocenters. The fourth-order valence-electron chi connectivity index (χ4n) is 7.80. The lowest BCUT2D eigenvalue weighted by Gasteiger charge is -2.39. The number of amides is 5. The zero-order chi connectivity index (χ0) is 46.1. The molecule has 0 spiro atoms. The summed E-state index contributed by atoms with van der Waals surface area (Å²) in [6.45, 7) is 14.9. The number of rotatable bonds is 17. The van der Waals surface area contributed by atoms with E-state index in [1.165, 1.54) is 7.11 Å². The minimum Gasteiger partial charge on any atom is -0.453 e. The standard InChI is InChI=1S/C48H64N8O7/c1-46(2,3)40(37-27-50-44(60)56(37)29-34-18-15-20-39(51-34)48(7,8)62)42(58)52-36(26-31-16-11-10-12-17-31)38(57)30-55(54-43(59)41(47(4,5)6)53-45(61)63-9)28-32-21-23-33(24-22-32)35-19-13-14-25-49-35/h10-25,36-38,40-41,57,62H,26-30H2,1-9H3,(H,50,60)(H,52,58)(H,53,61)(H,54,59). The second-order valence-corrected chi connectivity index (χ2v) is 18.9. The molecule has 4 aromatic rings. The fraction of sp³-hybridized carbons (Fsp3) is 0.458. The molecule has 3 heterocycles. The molecule has 2 aromatic heterocycles. The van der Waals surface area contributed by atoms with Crippen LogP contribution in [-0.2, 0) is 39.4 Å². The van der Waals surface area contributed by atoms with Gasteiger partial charge in [0.05, 0.1) is 54.8 Å². The Morgan fingerprint density at radius 2 is 1.54 bits per heavy atom. The number of aliphatic hydroxyl groups excluding tert-OH is 1.